The number of halogens is 1. The average Bonchev–Trinajstić information content (AvgIpc) is 3.26. The van der Waals surface area contributed by atoms with Crippen molar-refractivity contribution in [3.63, 3.8) is 0 Å². The van der Waals surface area contributed by atoms with E-state index in [1.165, 1.54) is 17.5 Å². The smallest absolute Gasteiger partial charge is 0.185 e. The minimum absolute atomic E-state index is 0.622. The van der Waals surface area contributed by atoms with Crippen molar-refractivity contribution >= 4 is 32.4 Å². The Morgan fingerprint density at radius 1 is 1.04 bits per heavy atom. The van der Waals surface area contributed by atoms with Crippen LogP contribution in [-0.4, -0.2) is 18.1 Å². The van der Waals surface area contributed by atoms with E-state index in [9.17, 15) is 0 Å². The van der Waals surface area contributed by atoms with Crippen molar-refractivity contribution in [3.8, 4) is 11.3 Å². The Bertz CT molecular complexity index is 783. The van der Waals surface area contributed by atoms with Crippen LogP contribution in [0.2, 0.25) is 0 Å². The summed E-state index contributed by atoms with van der Waals surface area (Å²) in [6.07, 6.45) is 1.21. The van der Waals surface area contributed by atoms with Crippen molar-refractivity contribution in [1.82, 2.24) is 4.98 Å². The number of benzene rings is 2. The molecule has 2 aromatic carbocycles. The highest BCUT2D eigenvalue weighted by Gasteiger charge is 2.25. The van der Waals surface area contributed by atoms with Gasteiger partial charge >= 0.3 is 0 Å². The van der Waals surface area contributed by atoms with E-state index in [-0.39, 0.29) is 0 Å². The van der Waals surface area contributed by atoms with Crippen molar-refractivity contribution in [2.75, 3.05) is 18.0 Å². The zero-order valence-electron chi connectivity index (χ0n) is 12.7. The molecule has 0 aliphatic carbocycles. The van der Waals surface area contributed by atoms with Gasteiger partial charge in [0.2, 0.25) is 0 Å². The summed E-state index contributed by atoms with van der Waals surface area (Å²) in [5.74, 6) is 0.622. The van der Waals surface area contributed by atoms with E-state index in [2.05, 4.69) is 80.8 Å². The Labute approximate surface area is 148 Å². The molecule has 4 heteroatoms. The number of nitrogens with zero attached hydrogens (tertiary/aromatic N) is 2. The highest BCUT2D eigenvalue weighted by molar-refractivity contribution is 9.10. The Hall–Kier alpha value is -1.65. The third-order valence-corrected chi connectivity index (χ3v) is 5.79. The lowest BCUT2D eigenvalue weighted by atomic mass is 9.99. The van der Waals surface area contributed by atoms with E-state index < -0.39 is 0 Å². The van der Waals surface area contributed by atoms with Crippen molar-refractivity contribution < 1.29 is 0 Å². The summed E-state index contributed by atoms with van der Waals surface area (Å²) < 4.78 is 1.10. The third kappa shape index (κ3) is 3.19. The minimum Gasteiger partial charge on any atom is -0.347 e. The molecule has 0 unspecified atom stereocenters. The standard InChI is InChI=1S/C19H17BrN2S/c20-17-8-6-15(7-9-17)18-13-23-19(21-18)22-11-10-16(12-22)14-4-2-1-3-5-14/h1-9,13,16H,10-12H2/t16-/m1/s1. The number of hydrogen-bond donors (Lipinski definition) is 0. The number of aromatic nitrogens is 1. The Morgan fingerprint density at radius 2 is 1.83 bits per heavy atom. The fraction of sp³-hybridized carbons (Fsp3) is 0.211. The van der Waals surface area contributed by atoms with Gasteiger partial charge in [-0.25, -0.2) is 4.98 Å². The fourth-order valence-corrected chi connectivity index (χ4v) is 4.23. The Balaban J connectivity index is 1.51. The van der Waals surface area contributed by atoms with Gasteiger partial charge in [-0.1, -0.05) is 58.4 Å². The lowest BCUT2D eigenvalue weighted by Crippen LogP contribution is -2.18. The van der Waals surface area contributed by atoms with Crippen LogP contribution in [0.1, 0.15) is 17.9 Å². The van der Waals surface area contributed by atoms with Crippen molar-refractivity contribution in [2.45, 2.75) is 12.3 Å². The first-order valence-electron chi connectivity index (χ1n) is 7.81. The second kappa shape index (κ2) is 6.46. The summed E-state index contributed by atoms with van der Waals surface area (Å²) in [5.41, 5.74) is 3.69. The molecule has 1 aliphatic heterocycles. The first-order chi connectivity index (χ1) is 11.3. The monoisotopic (exact) mass is 384 g/mol. The van der Waals surface area contributed by atoms with E-state index in [4.69, 9.17) is 4.98 Å². The molecule has 1 aliphatic rings. The maximum Gasteiger partial charge on any atom is 0.185 e. The molecule has 2 nitrogen and oxygen atoms in total. The quantitative estimate of drug-likeness (QED) is 0.586. The largest absolute Gasteiger partial charge is 0.347 e. The molecule has 3 aromatic rings. The second-order valence-corrected chi connectivity index (χ2v) is 7.62. The van der Waals surface area contributed by atoms with Crippen LogP contribution in [0.5, 0.6) is 0 Å². The maximum absolute atomic E-state index is 4.85. The van der Waals surface area contributed by atoms with Crippen LogP contribution in [0.15, 0.2) is 64.5 Å². The summed E-state index contributed by atoms with van der Waals surface area (Å²) in [6.45, 7) is 2.16. The summed E-state index contributed by atoms with van der Waals surface area (Å²) in [4.78, 5) is 7.27. The predicted molar refractivity (Wildman–Crippen MR) is 101 cm³/mol. The molecule has 116 valence electrons. The molecule has 0 N–H and O–H groups in total. The second-order valence-electron chi connectivity index (χ2n) is 5.86. The summed E-state index contributed by atoms with van der Waals surface area (Å²) in [7, 11) is 0. The van der Waals surface area contributed by atoms with Crippen LogP contribution in [-0.2, 0) is 0 Å². The molecule has 1 aromatic heterocycles. The van der Waals surface area contributed by atoms with Gasteiger partial charge < -0.3 is 4.90 Å². The first kappa shape index (κ1) is 14.9. The summed E-state index contributed by atoms with van der Waals surface area (Å²) >= 11 is 5.23. The molecule has 4 rings (SSSR count). The van der Waals surface area contributed by atoms with Crippen LogP contribution >= 0.6 is 27.3 Å². The van der Waals surface area contributed by atoms with Gasteiger partial charge in [-0.2, -0.15) is 0 Å². The van der Waals surface area contributed by atoms with Crippen LogP contribution in [0.3, 0.4) is 0 Å². The van der Waals surface area contributed by atoms with Gasteiger partial charge in [-0.15, -0.1) is 11.3 Å². The zero-order chi connectivity index (χ0) is 15.6. The molecule has 2 heterocycles. The van der Waals surface area contributed by atoms with Gasteiger partial charge in [-0.3, -0.25) is 0 Å². The van der Waals surface area contributed by atoms with E-state index in [0.29, 0.717) is 5.92 Å². The highest BCUT2D eigenvalue weighted by Crippen LogP contribution is 2.34. The number of thiazole rings is 1. The molecule has 0 amide bonds. The molecule has 0 spiro atoms. The van der Waals surface area contributed by atoms with Gasteiger partial charge in [0.1, 0.15) is 0 Å². The van der Waals surface area contributed by atoms with E-state index in [1.807, 2.05) is 0 Å². The normalized spacial score (nSPS) is 17.6. The van der Waals surface area contributed by atoms with Crippen molar-refractivity contribution in [3.05, 3.63) is 70.0 Å². The SMILES string of the molecule is Brc1ccc(-c2csc(N3CC[C@@H](c4ccccc4)C3)n2)cc1. The van der Waals surface area contributed by atoms with Gasteiger partial charge in [0.15, 0.2) is 5.13 Å². The van der Waals surface area contributed by atoms with Crippen LogP contribution in [0.25, 0.3) is 11.3 Å². The average molecular weight is 385 g/mol. The molecular formula is C19H17BrN2S. The molecular weight excluding hydrogens is 368 g/mol. The molecule has 0 radical (unpaired) electrons. The summed E-state index contributed by atoms with van der Waals surface area (Å²) in [6, 6.07) is 19.2. The maximum atomic E-state index is 4.85. The van der Waals surface area contributed by atoms with E-state index in [1.54, 1.807) is 11.3 Å². The Morgan fingerprint density at radius 3 is 2.61 bits per heavy atom. The lowest BCUT2D eigenvalue weighted by molar-refractivity contribution is 0.775. The number of rotatable bonds is 3. The van der Waals surface area contributed by atoms with Crippen molar-refractivity contribution in [1.29, 1.82) is 0 Å². The molecule has 0 bridgehead atoms. The van der Waals surface area contributed by atoms with Gasteiger partial charge in [0, 0.05) is 34.4 Å². The fourth-order valence-electron chi connectivity index (χ4n) is 3.09. The molecule has 0 saturated carbocycles. The molecule has 1 saturated heterocycles. The molecule has 23 heavy (non-hydrogen) atoms. The summed E-state index contributed by atoms with van der Waals surface area (Å²) in [5, 5.41) is 3.30. The lowest BCUT2D eigenvalue weighted by Gasteiger charge is -2.15. The zero-order valence-corrected chi connectivity index (χ0v) is 15.1. The van der Waals surface area contributed by atoms with Crippen LogP contribution in [0.4, 0.5) is 5.13 Å². The van der Waals surface area contributed by atoms with Gasteiger partial charge in [-0.05, 0) is 24.1 Å². The van der Waals surface area contributed by atoms with Gasteiger partial charge in [0.05, 0.1) is 5.69 Å². The predicted octanol–water partition coefficient (Wildman–Crippen LogP) is 5.57. The number of anilines is 1. The topological polar surface area (TPSA) is 16.1 Å². The highest BCUT2D eigenvalue weighted by atomic mass is 79.9. The third-order valence-electron chi connectivity index (χ3n) is 4.36. The van der Waals surface area contributed by atoms with Crippen LogP contribution in [0, 0.1) is 0 Å². The van der Waals surface area contributed by atoms with Gasteiger partial charge in [0.25, 0.3) is 0 Å². The number of hydrogen-bond acceptors (Lipinski definition) is 3. The molecule has 1 fully saturated rings. The van der Waals surface area contributed by atoms with Crippen molar-refractivity contribution in [2.24, 2.45) is 0 Å². The molecule has 1 atom stereocenters. The first-order valence-corrected chi connectivity index (χ1v) is 9.48. The minimum atomic E-state index is 0.622. The Kier molecular flexibility index (Phi) is 4.19. The van der Waals surface area contributed by atoms with E-state index >= 15 is 0 Å². The van der Waals surface area contributed by atoms with Crippen LogP contribution < -0.4 is 4.90 Å². The van der Waals surface area contributed by atoms with E-state index in [0.717, 1.165) is 28.4 Å².